The van der Waals surface area contributed by atoms with E-state index in [-0.39, 0.29) is 29.3 Å². The molecule has 5 heteroatoms. The summed E-state index contributed by atoms with van der Waals surface area (Å²) >= 11 is 0. The number of ether oxygens (including phenoxy) is 2. The van der Waals surface area contributed by atoms with Crippen molar-refractivity contribution in [1.82, 2.24) is 0 Å². The molecule has 0 amide bonds. The highest BCUT2D eigenvalue weighted by Crippen LogP contribution is 2.51. The Labute approximate surface area is 270 Å². The highest BCUT2D eigenvalue weighted by molar-refractivity contribution is 6.09. The summed E-state index contributed by atoms with van der Waals surface area (Å²) in [5, 5.41) is 10.8. The molecule has 46 heavy (non-hydrogen) atoms. The number of rotatable bonds is 8. The summed E-state index contributed by atoms with van der Waals surface area (Å²) < 4.78 is 13.0. The van der Waals surface area contributed by atoms with Gasteiger partial charge in [-0.3, -0.25) is 4.79 Å². The average Bonchev–Trinajstić information content (AvgIpc) is 3.33. The van der Waals surface area contributed by atoms with E-state index in [0.717, 1.165) is 38.9 Å². The molecular formula is C41H38O5. The Kier molecular flexibility index (Phi) is 8.03. The lowest BCUT2D eigenvalue weighted by Crippen LogP contribution is -2.32. The molecule has 5 aromatic rings. The highest BCUT2D eigenvalue weighted by atomic mass is 16.6. The fraction of sp³-hybridized carbons (Fsp3) is 0.220. The molecule has 1 N–H and O–H groups in total. The molecule has 0 bridgehead atoms. The van der Waals surface area contributed by atoms with E-state index in [0.29, 0.717) is 28.2 Å². The number of esters is 1. The van der Waals surface area contributed by atoms with Gasteiger partial charge in [-0.1, -0.05) is 76.2 Å². The normalized spacial score (nSPS) is 15.6. The van der Waals surface area contributed by atoms with Crippen LogP contribution >= 0.6 is 0 Å². The molecule has 1 aliphatic rings. The van der Waals surface area contributed by atoms with Crippen molar-refractivity contribution in [3.05, 3.63) is 159 Å². The van der Waals surface area contributed by atoms with Gasteiger partial charge >= 0.3 is 5.97 Å². The molecule has 1 heterocycles. The van der Waals surface area contributed by atoms with Crippen molar-refractivity contribution in [2.45, 2.75) is 59.0 Å². The van der Waals surface area contributed by atoms with Crippen LogP contribution in [0.15, 0.2) is 103 Å². The summed E-state index contributed by atoms with van der Waals surface area (Å²) in [5.74, 6) is 1.23. The van der Waals surface area contributed by atoms with Crippen molar-refractivity contribution < 1.29 is 24.2 Å². The Morgan fingerprint density at radius 2 is 1.26 bits per heavy atom. The van der Waals surface area contributed by atoms with Crippen LogP contribution in [0.5, 0.6) is 17.2 Å². The first-order valence-corrected chi connectivity index (χ1v) is 15.7. The largest absolute Gasteiger partial charge is 0.508 e. The summed E-state index contributed by atoms with van der Waals surface area (Å²) in [7, 11) is 0. The minimum Gasteiger partial charge on any atom is -0.508 e. The maximum absolute atomic E-state index is 13.5. The number of ketones is 1. The van der Waals surface area contributed by atoms with Gasteiger partial charge in [-0.2, -0.15) is 0 Å². The maximum atomic E-state index is 13.5. The second-order valence-corrected chi connectivity index (χ2v) is 12.7. The van der Waals surface area contributed by atoms with Gasteiger partial charge in [0.05, 0.1) is 5.56 Å². The van der Waals surface area contributed by atoms with Crippen molar-refractivity contribution in [2.75, 3.05) is 0 Å². The lowest BCUT2D eigenvalue weighted by Gasteiger charge is -2.34. The first-order valence-electron chi connectivity index (χ1n) is 15.7. The Morgan fingerprint density at radius 3 is 1.91 bits per heavy atom. The van der Waals surface area contributed by atoms with Gasteiger partial charge in [0.1, 0.15) is 17.2 Å². The number of phenolic OH excluding ortho intramolecular Hbond substituents is 1. The summed E-state index contributed by atoms with van der Waals surface area (Å²) in [5.41, 5.74) is 6.40. The minimum atomic E-state index is -1.22. The molecule has 1 unspecified atom stereocenters. The molecular weight excluding hydrogens is 572 g/mol. The second-order valence-electron chi connectivity index (χ2n) is 12.7. The van der Waals surface area contributed by atoms with Gasteiger partial charge in [0.25, 0.3) is 0 Å². The van der Waals surface area contributed by atoms with Crippen LogP contribution in [0.25, 0.3) is 0 Å². The van der Waals surface area contributed by atoms with E-state index < -0.39 is 5.60 Å². The third kappa shape index (κ3) is 5.26. The molecule has 0 aromatic heterocycles. The standard InChI is InChI=1S/C41H38O5/c1-24(2)32-22-35(26(5)20-37(32)42)41(34-15-11-10-14-31(34)40(44)46-41)36-23-33(25(3)4)38(21-27(36)6)45-30-18-16-29(17-19-30)39(43)28-12-8-7-9-13-28/h7-25,42H,1-6H3. The number of hydrogen-bond donors (Lipinski definition) is 1. The molecule has 0 aliphatic carbocycles. The van der Waals surface area contributed by atoms with Gasteiger partial charge < -0.3 is 14.6 Å². The average molecular weight is 611 g/mol. The Balaban J connectivity index is 1.48. The predicted octanol–water partition coefficient (Wildman–Crippen LogP) is 9.74. The van der Waals surface area contributed by atoms with E-state index >= 15 is 0 Å². The van der Waals surface area contributed by atoms with Gasteiger partial charge in [-0.05, 0) is 103 Å². The van der Waals surface area contributed by atoms with Gasteiger partial charge in [0.2, 0.25) is 0 Å². The fourth-order valence-electron chi connectivity index (χ4n) is 6.49. The molecule has 6 rings (SSSR count). The number of carbonyl (C=O) groups excluding carboxylic acids is 2. The van der Waals surface area contributed by atoms with Crippen LogP contribution in [0.2, 0.25) is 0 Å². The second kappa shape index (κ2) is 12.0. The lowest BCUT2D eigenvalue weighted by molar-refractivity contribution is 0.0247. The molecule has 0 saturated carbocycles. The SMILES string of the molecule is Cc1cc(O)c(C(C)C)cc1C1(c2cc(C(C)C)c(Oc3ccc(C(=O)c4ccccc4)cc3)cc2C)OC(=O)c2ccccc21. The van der Waals surface area contributed by atoms with Crippen LogP contribution in [0, 0.1) is 13.8 Å². The monoisotopic (exact) mass is 610 g/mol. The van der Waals surface area contributed by atoms with Gasteiger partial charge in [0, 0.05) is 27.8 Å². The zero-order valence-electron chi connectivity index (χ0n) is 27.0. The molecule has 0 radical (unpaired) electrons. The first kappa shape index (κ1) is 30.8. The zero-order valence-corrected chi connectivity index (χ0v) is 27.0. The minimum absolute atomic E-state index is 0.0444. The molecule has 0 spiro atoms. The van der Waals surface area contributed by atoms with E-state index in [1.165, 1.54) is 0 Å². The van der Waals surface area contributed by atoms with Crippen molar-refractivity contribution in [1.29, 1.82) is 0 Å². The van der Waals surface area contributed by atoms with Crippen molar-refractivity contribution in [3.63, 3.8) is 0 Å². The van der Waals surface area contributed by atoms with Gasteiger partial charge in [-0.25, -0.2) is 4.79 Å². The van der Waals surface area contributed by atoms with Crippen molar-refractivity contribution in [3.8, 4) is 17.2 Å². The molecule has 0 fully saturated rings. The van der Waals surface area contributed by atoms with E-state index in [9.17, 15) is 14.7 Å². The fourth-order valence-corrected chi connectivity index (χ4v) is 6.49. The number of aryl methyl sites for hydroxylation is 2. The molecule has 1 aliphatic heterocycles. The molecule has 5 nitrogen and oxygen atoms in total. The Hall–Kier alpha value is -5.16. The number of phenols is 1. The number of carbonyl (C=O) groups is 2. The first-order chi connectivity index (χ1) is 22.0. The van der Waals surface area contributed by atoms with Crippen LogP contribution in [-0.4, -0.2) is 16.9 Å². The maximum Gasteiger partial charge on any atom is 0.340 e. The van der Waals surface area contributed by atoms with E-state index in [4.69, 9.17) is 9.47 Å². The highest BCUT2D eigenvalue weighted by Gasteiger charge is 2.50. The van der Waals surface area contributed by atoms with Gasteiger partial charge in [-0.15, -0.1) is 0 Å². The zero-order chi connectivity index (χ0) is 32.7. The van der Waals surface area contributed by atoms with Crippen LogP contribution < -0.4 is 4.74 Å². The van der Waals surface area contributed by atoms with Crippen molar-refractivity contribution >= 4 is 11.8 Å². The Morgan fingerprint density at radius 1 is 0.696 bits per heavy atom. The smallest absolute Gasteiger partial charge is 0.340 e. The number of aromatic hydroxyl groups is 1. The van der Waals surface area contributed by atoms with Crippen LogP contribution in [0.3, 0.4) is 0 Å². The van der Waals surface area contributed by atoms with E-state index in [1.807, 2.05) is 100 Å². The Bertz CT molecular complexity index is 1950. The van der Waals surface area contributed by atoms with Gasteiger partial charge in [0.15, 0.2) is 11.4 Å². The van der Waals surface area contributed by atoms with Crippen LogP contribution in [0.4, 0.5) is 0 Å². The molecule has 1 atom stereocenters. The molecule has 0 saturated heterocycles. The quantitative estimate of drug-likeness (QED) is 0.140. The summed E-state index contributed by atoms with van der Waals surface area (Å²) in [6, 6.07) is 31.8. The third-order valence-electron chi connectivity index (χ3n) is 8.89. The molecule has 232 valence electrons. The number of fused-ring (bicyclic) bond motifs is 1. The number of benzene rings is 5. The predicted molar refractivity (Wildman–Crippen MR) is 180 cm³/mol. The summed E-state index contributed by atoms with van der Waals surface area (Å²) in [6.45, 7) is 12.2. The van der Waals surface area contributed by atoms with Crippen molar-refractivity contribution in [2.24, 2.45) is 0 Å². The van der Waals surface area contributed by atoms with E-state index in [1.54, 1.807) is 24.3 Å². The molecule has 5 aromatic carbocycles. The van der Waals surface area contributed by atoms with E-state index in [2.05, 4.69) is 19.9 Å². The lowest BCUT2D eigenvalue weighted by atomic mass is 9.74. The van der Waals surface area contributed by atoms with Crippen LogP contribution in [0.1, 0.15) is 105 Å². The topological polar surface area (TPSA) is 72.8 Å². The third-order valence-corrected chi connectivity index (χ3v) is 8.89. The number of cyclic esters (lactones) is 1. The number of hydrogen-bond acceptors (Lipinski definition) is 5. The summed E-state index contributed by atoms with van der Waals surface area (Å²) in [6.07, 6.45) is 0. The van der Waals surface area contributed by atoms with Crippen LogP contribution in [-0.2, 0) is 10.3 Å². The summed E-state index contributed by atoms with van der Waals surface area (Å²) in [4.78, 5) is 26.4.